The van der Waals surface area contributed by atoms with Crippen LogP contribution in [0.1, 0.15) is 22.6 Å². The lowest BCUT2D eigenvalue weighted by molar-refractivity contribution is -0.139. The number of carbonyl (C=O) groups excluding carboxylic acids is 1. The van der Waals surface area contributed by atoms with Crippen molar-refractivity contribution in [1.82, 2.24) is 5.32 Å². The van der Waals surface area contributed by atoms with E-state index in [4.69, 9.17) is 18.9 Å². The van der Waals surface area contributed by atoms with Crippen molar-refractivity contribution < 1.29 is 33.6 Å². The van der Waals surface area contributed by atoms with Gasteiger partial charge in [0.05, 0.1) is 19.8 Å². The highest BCUT2D eigenvalue weighted by Gasteiger charge is 2.29. The molecule has 3 aromatic carbocycles. The molecule has 0 bridgehead atoms. The van der Waals surface area contributed by atoms with Crippen LogP contribution in [0, 0.1) is 0 Å². The summed E-state index contributed by atoms with van der Waals surface area (Å²) >= 11 is 0. The van der Waals surface area contributed by atoms with Gasteiger partial charge >= 0.3 is 12.1 Å². The molecule has 0 saturated heterocycles. The molecule has 2 N–H and O–H groups in total. The Hall–Kier alpha value is -3.88. The fourth-order valence-electron chi connectivity index (χ4n) is 4.40. The van der Waals surface area contributed by atoms with Gasteiger partial charge in [-0.05, 0) is 39.9 Å². The standard InChI is InChI=1S/C29H31NO7/c1-34-14-15-35-16-17-36-21-12-10-20(11-13-21)18-27(28(31)32)30-29(33)37-19-26-24-8-4-2-6-22(24)23-7-3-5-9-25(23)26/h2-13,26-27H,14-19H2,1H3,(H,30,33)(H,31,32)/t27-/m1/s1. The number of carbonyl (C=O) groups is 2. The predicted octanol–water partition coefficient (Wildman–Crippen LogP) is 4.26. The van der Waals surface area contributed by atoms with Crippen LogP contribution in [0.2, 0.25) is 0 Å². The number of alkyl carbamates (subject to hydrolysis) is 1. The number of benzene rings is 3. The maximum atomic E-state index is 12.6. The van der Waals surface area contributed by atoms with Crippen molar-refractivity contribution >= 4 is 12.1 Å². The van der Waals surface area contributed by atoms with E-state index in [9.17, 15) is 14.7 Å². The Morgan fingerprint density at radius 2 is 1.49 bits per heavy atom. The summed E-state index contributed by atoms with van der Waals surface area (Å²) in [5, 5.41) is 12.2. The van der Waals surface area contributed by atoms with E-state index in [0.29, 0.717) is 32.2 Å². The van der Waals surface area contributed by atoms with Crippen LogP contribution < -0.4 is 10.1 Å². The normalized spacial score (nSPS) is 12.9. The smallest absolute Gasteiger partial charge is 0.407 e. The molecule has 1 aliphatic rings. The van der Waals surface area contributed by atoms with Gasteiger partial charge in [0.25, 0.3) is 0 Å². The first-order valence-corrected chi connectivity index (χ1v) is 12.2. The molecule has 37 heavy (non-hydrogen) atoms. The molecule has 4 rings (SSSR count). The van der Waals surface area contributed by atoms with E-state index < -0.39 is 18.1 Å². The molecule has 0 fully saturated rings. The fourth-order valence-corrected chi connectivity index (χ4v) is 4.40. The number of hydrogen-bond acceptors (Lipinski definition) is 6. The number of carboxylic acids is 1. The average molecular weight is 506 g/mol. The molecule has 8 heteroatoms. The molecule has 1 amide bonds. The molecular formula is C29H31NO7. The second-order valence-corrected chi connectivity index (χ2v) is 8.66. The highest BCUT2D eigenvalue weighted by Crippen LogP contribution is 2.44. The minimum absolute atomic E-state index is 0.0978. The Kier molecular flexibility index (Phi) is 9.13. The van der Waals surface area contributed by atoms with Gasteiger partial charge in [0.2, 0.25) is 0 Å². The van der Waals surface area contributed by atoms with Crippen LogP contribution in [-0.4, -0.2) is 63.4 Å². The maximum Gasteiger partial charge on any atom is 0.407 e. The zero-order valence-electron chi connectivity index (χ0n) is 20.7. The van der Waals surface area contributed by atoms with E-state index in [0.717, 1.165) is 27.8 Å². The molecule has 0 aromatic heterocycles. The van der Waals surface area contributed by atoms with E-state index in [1.165, 1.54) is 0 Å². The number of hydrogen-bond donors (Lipinski definition) is 2. The van der Waals surface area contributed by atoms with Crippen molar-refractivity contribution in [2.75, 3.05) is 40.1 Å². The molecule has 0 radical (unpaired) electrons. The van der Waals surface area contributed by atoms with Crippen LogP contribution in [-0.2, 0) is 25.4 Å². The number of amides is 1. The SMILES string of the molecule is COCCOCCOc1ccc(C[C@@H](NC(=O)OCC2c3ccccc3-c3ccccc32)C(=O)O)cc1. The van der Waals surface area contributed by atoms with Gasteiger partial charge in [-0.2, -0.15) is 0 Å². The Balaban J connectivity index is 1.28. The number of methoxy groups -OCH3 is 1. The molecule has 8 nitrogen and oxygen atoms in total. The molecule has 0 saturated carbocycles. The van der Waals surface area contributed by atoms with Crippen LogP contribution in [0.25, 0.3) is 11.1 Å². The van der Waals surface area contributed by atoms with Gasteiger partial charge in [0.1, 0.15) is 25.0 Å². The largest absolute Gasteiger partial charge is 0.491 e. The highest BCUT2D eigenvalue weighted by molar-refractivity contribution is 5.81. The fraction of sp³-hybridized carbons (Fsp3) is 0.310. The first-order chi connectivity index (χ1) is 18.1. The minimum atomic E-state index is -1.14. The molecule has 3 aromatic rings. The summed E-state index contributed by atoms with van der Waals surface area (Å²) in [6.45, 7) is 1.99. The lowest BCUT2D eigenvalue weighted by Crippen LogP contribution is -2.42. The first kappa shape index (κ1) is 26.2. The van der Waals surface area contributed by atoms with Gasteiger partial charge in [-0.3, -0.25) is 0 Å². The summed E-state index contributed by atoms with van der Waals surface area (Å²) in [5.74, 6) is -0.586. The van der Waals surface area contributed by atoms with Crippen molar-refractivity contribution in [1.29, 1.82) is 0 Å². The van der Waals surface area contributed by atoms with Crippen molar-refractivity contribution in [2.24, 2.45) is 0 Å². The van der Waals surface area contributed by atoms with E-state index in [1.807, 2.05) is 36.4 Å². The third-order valence-corrected chi connectivity index (χ3v) is 6.23. The molecule has 0 unspecified atom stereocenters. The molecule has 0 aliphatic heterocycles. The number of fused-ring (bicyclic) bond motifs is 3. The third-order valence-electron chi connectivity index (χ3n) is 6.23. The number of rotatable bonds is 13. The van der Waals surface area contributed by atoms with Crippen LogP contribution >= 0.6 is 0 Å². The Morgan fingerprint density at radius 3 is 2.11 bits per heavy atom. The molecular weight excluding hydrogens is 474 g/mol. The molecule has 1 aliphatic carbocycles. The van der Waals surface area contributed by atoms with Gasteiger partial charge in [-0.1, -0.05) is 60.7 Å². The third kappa shape index (κ3) is 6.87. The molecule has 0 spiro atoms. The van der Waals surface area contributed by atoms with E-state index in [2.05, 4.69) is 17.4 Å². The summed E-state index contributed by atoms with van der Waals surface area (Å²) in [6, 6.07) is 22.0. The lowest BCUT2D eigenvalue weighted by atomic mass is 9.98. The summed E-state index contributed by atoms with van der Waals surface area (Å²) < 4.78 is 21.4. The highest BCUT2D eigenvalue weighted by atomic mass is 16.6. The summed E-state index contributed by atoms with van der Waals surface area (Å²) in [6.07, 6.45) is -0.650. The lowest BCUT2D eigenvalue weighted by Gasteiger charge is -2.17. The Bertz CT molecular complexity index is 1150. The number of aliphatic carboxylic acids is 1. The van der Waals surface area contributed by atoms with Crippen molar-refractivity contribution in [2.45, 2.75) is 18.4 Å². The predicted molar refractivity (Wildman–Crippen MR) is 138 cm³/mol. The maximum absolute atomic E-state index is 12.6. The zero-order chi connectivity index (χ0) is 26.0. The first-order valence-electron chi connectivity index (χ1n) is 12.2. The van der Waals surface area contributed by atoms with Gasteiger partial charge < -0.3 is 29.4 Å². The molecule has 0 heterocycles. The number of ether oxygens (including phenoxy) is 4. The average Bonchev–Trinajstić information content (AvgIpc) is 3.23. The van der Waals surface area contributed by atoms with Gasteiger partial charge in [-0.25, -0.2) is 9.59 Å². The van der Waals surface area contributed by atoms with Gasteiger partial charge in [0, 0.05) is 19.4 Å². The van der Waals surface area contributed by atoms with E-state index >= 15 is 0 Å². The minimum Gasteiger partial charge on any atom is -0.491 e. The zero-order valence-corrected chi connectivity index (χ0v) is 20.7. The van der Waals surface area contributed by atoms with Crippen molar-refractivity contribution in [3.8, 4) is 16.9 Å². The number of carboxylic acid groups (broad SMARTS) is 1. The topological polar surface area (TPSA) is 103 Å². The van der Waals surface area contributed by atoms with Crippen LogP contribution in [0.15, 0.2) is 72.8 Å². The Morgan fingerprint density at radius 1 is 0.865 bits per heavy atom. The summed E-state index contributed by atoms with van der Waals surface area (Å²) in [5.41, 5.74) is 5.18. The van der Waals surface area contributed by atoms with Crippen LogP contribution in [0.3, 0.4) is 0 Å². The molecule has 194 valence electrons. The van der Waals surface area contributed by atoms with Crippen LogP contribution in [0.4, 0.5) is 4.79 Å². The van der Waals surface area contributed by atoms with Crippen molar-refractivity contribution in [3.05, 3.63) is 89.5 Å². The van der Waals surface area contributed by atoms with E-state index in [-0.39, 0.29) is 18.9 Å². The van der Waals surface area contributed by atoms with Gasteiger partial charge in [-0.15, -0.1) is 0 Å². The van der Waals surface area contributed by atoms with Crippen molar-refractivity contribution in [3.63, 3.8) is 0 Å². The van der Waals surface area contributed by atoms with E-state index in [1.54, 1.807) is 31.4 Å². The Labute approximate surface area is 216 Å². The second-order valence-electron chi connectivity index (χ2n) is 8.66. The second kappa shape index (κ2) is 12.9. The summed E-state index contributed by atoms with van der Waals surface area (Å²) in [4.78, 5) is 24.4. The quantitative estimate of drug-likeness (QED) is 0.335. The monoisotopic (exact) mass is 505 g/mol. The number of nitrogens with one attached hydrogen (secondary N) is 1. The van der Waals surface area contributed by atoms with Crippen LogP contribution in [0.5, 0.6) is 5.75 Å². The molecule has 1 atom stereocenters. The van der Waals surface area contributed by atoms with Gasteiger partial charge in [0.15, 0.2) is 0 Å². The summed E-state index contributed by atoms with van der Waals surface area (Å²) in [7, 11) is 1.61.